The zero-order valence-electron chi connectivity index (χ0n) is 19.4. The summed E-state index contributed by atoms with van der Waals surface area (Å²) in [5, 5.41) is 0. The van der Waals surface area contributed by atoms with E-state index in [-0.39, 0.29) is 12.0 Å². The normalized spacial score (nSPS) is 19.2. The molecule has 0 radical (unpaired) electrons. The maximum absolute atomic E-state index is 13.3. The third-order valence-electron chi connectivity index (χ3n) is 6.48. The van der Waals surface area contributed by atoms with Gasteiger partial charge in [-0.1, -0.05) is 30.3 Å². The predicted octanol–water partition coefficient (Wildman–Crippen LogP) is 3.08. The second kappa shape index (κ2) is 10.8. The Bertz CT molecular complexity index is 842. The van der Waals surface area contributed by atoms with E-state index in [9.17, 15) is 4.79 Å². The van der Waals surface area contributed by atoms with Crippen molar-refractivity contribution in [3.63, 3.8) is 0 Å². The summed E-state index contributed by atoms with van der Waals surface area (Å²) in [5.41, 5.74) is 3.59. The van der Waals surface area contributed by atoms with E-state index in [0.29, 0.717) is 19.6 Å². The molecule has 2 aromatic rings. The van der Waals surface area contributed by atoms with Gasteiger partial charge < -0.3 is 19.4 Å². The molecular weight excluding hydrogens is 400 g/mol. The molecule has 32 heavy (non-hydrogen) atoms. The first kappa shape index (κ1) is 22.6. The zero-order valence-corrected chi connectivity index (χ0v) is 19.4. The van der Waals surface area contributed by atoms with Crippen LogP contribution < -0.4 is 9.80 Å². The van der Waals surface area contributed by atoms with Crippen molar-refractivity contribution in [2.45, 2.75) is 25.5 Å². The number of hydrogen-bond acceptors (Lipinski definition) is 5. The van der Waals surface area contributed by atoms with Gasteiger partial charge in [-0.2, -0.15) is 0 Å². The Morgan fingerprint density at radius 1 is 1.00 bits per heavy atom. The first-order valence-corrected chi connectivity index (χ1v) is 11.8. The van der Waals surface area contributed by atoms with Crippen molar-refractivity contribution in [2.75, 3.05) is 69.8 Å². The topological polar surface area (TPSA) is 39.3 Å². The first-order chi connectivity index (χ1) is 15.6. The Labute approximate surface area is 192 Å². The van der Waals surface area contributed by atoms with E-state index >= 15 is 0 Å². The van der Waals surface area contributed by atoms with Crippen molar-refractivity contribution in [1.29, 1.82) is 0 Å². The van der Waals surface area contributed by atoms with Crippen molar-refractivity contribution in [3.05, 3.63) is 60.2 Å². The van der Waals surface area contributed by atoms with Gasteiger partial charge in [0.05, 0.1) is 12.6 Å². The number of anilines is 2. The molecule has 0 saturated carbocycles. The molecule has 0 spiro atoms. The number of hydrogen-bond donors (Lipinski definition) is 0. The van der Waals surface area contributed by atoms with Crippen molar-refractivity contribution >= 4 is 17.3 Å². The standard InChI is InChI=1S/C26H36N4O2/c1-27(2)23-12-10-22(11-13-23)19-30(20-25-9-6-18-32-25)26(31)21-28-14-16-29(17-15-28)24-7-4-3-5-8-24/h3-5,7-8,10-13,25H,6,9,14-21H2,1-2H3/t25-/m0/s1. The summed E-state index contributed by atoms with van der Waals surface area (Å²) in [6.07, 6.45) is 2.29. The molecule has 6 nitrogen and oxygen atoms in total. The van der Waals surface area contributed by atoms with E-state index in [4.69, 9.17) is 4.74 Å². The number of para-hydroxylation sites is 1. The van der Waals surface area contributed by atoms with Crippen LogP contribution >= 0.6 is 0 Å². The Kier molecular flexibility index (Phi) is 7.66. The number of rotatable bonds is 8. The van der Waals surface area contributed by atoms with Crippen LogP contribution in [0.25, 0.3) is 0 Å². The van der Waals surface area contributed by atoms with Gasteiger partial charge in [-0.3, -0.25) is 9.69 Å². The molecule has 172 valence electrons. The maximum Gasteiger partial charge on any atom is 0.237 e. The lowest BCUT2D eigenvalue weighted by Crippen LogP contribution is -2.50. The molecule has 2 aliphatic rings. The fourth-order valence-electron chi connectivity index (χ4n) is 4.50. The van der Waals surface area contributed by atoms with Crippen LogP contribution in [0.15, 0.2) is 54.6 Å². The largest absolute Gasteiger partial charge is 0.378 e. The Morgan fingerprint density at radius 3 is 2.34 bits per heavy atom. The van der Waals surface area contributed by atoms with Gasteiger partial charge in [0.25, 0.3) is 0 Å². The SMILES string of the molecule is CN(C)c1ccc(CN(C[C@@H]2CCCO2)C(=O)CN2CCN(c3ccccc3)CC2)cc1. The number of carbonyl (C=O) groups is 1. The monoisotopic (exact) mass is 436 g/mol. The van der Waals surface area contributed by atoms with Gasteiger partial charge in [0.15, 0.2) is 0 Å². The molecular formula is C26H36N4O2. The molecule has 2 heterocycles. The molecule has 0 bridgehead atoms. The number of benzene rings is 2. The summed E-state index contributed by atoms with van der Waals surface area (Å²) in [6.45, 7) is 6.33. The van der Waals surface area contributed by atoms with Crippen LogP contribution in [-0.2, 0) is 16.1 Å². The van der Waals surface area contributed by atoms with E-state index in [1.807, 2.05) is 19.0 Å². The van der Waals surface area contributed by atoms with Crippen molar-refractivity contribution in [2.24, 2.45) is 0 Å². The number of piperazine rings is 1. The molecule has 4 rings (SSSR count). The molecule has 1 atom stereocenters. The zero-order chi connectivity index (χ0) is 22.3. The number of ether oxygens (including phenoxy) is 1. The molecule has 0 aromatic heterocycles. The van der Waals surface area contributed by atoms with Gasteiger partial charge >= 0.3 is 0 Å². The van der Waals surface area contributed by atoms with Gasteiger partial charge in [-0.15, -0.1) is 0 Å². The highest BCUT2D eigenvalue weighted by Gasteiger charge is 2.26. The Morgan fingerprint density at radius 2 is 1.72 bits per heavy atom. The Balaban J connectivity index is 1.35. The lowest BCUT2D eigenvalue weighted by atomic mass is 10.1. The molecule has 2 saturated heterocycles. The molecule has 2 fully saturated rings. The highest BCUT2D eigenvalue weighted by molar-refractivity contribution is 5.78. The van der Waals surface area contributed by atoms with Gasteiger partial charge in [0.2, 0.25) is 5.91 Å². The number of amides is 1. The summed E-state index contributed by atoms with van der Waals surface area (Å²) in [4.78, 5) is 22.1. The molecule has 2 aliphatic heterocycles. The van der Waals surface area contributed by atoms with E-state index in [0.717, 1.165) is 51.2 Å². The van der Waals surface area contributed by atoms with Gasteiger partial charge in [0.1, 0.15) is 0 Å². The Hall–Kier alpha value is -2.57. The van der Waals surface area contributed by atoms with Gasteiger partial charge in [-0.25, -0.2) is 0 Å². The van der Waals surface area contributed by atoms with E-state index < -0.39 is 0 Å². The van der Waals surface area contributed by atoms with Crippen LogP contribution in [0.1, 0.15) is 18.4 Å². The average Bonchev–Trinajstić information content (AvgIpc) is 3.33. The van der Waals surface area contributed by atoms with Crippen molar-refractivity contribution < 1.29 is 9.53 Å². The van der Waals surface area contributed by atoms with Crippen LogP contribution in [0, 0.1) is 0 Å². The molecule has 1 amide bonds. The smallest absolute Gasteiger partial charge is 0.237 e. The summed E-state index contributed by atoms with van der Waals surface area (Å²) >= 11 is 0. The molecule has 2 aromatic carbocycles. The minimum atomic E-state index is 0.162. The van der Waals surface area contributed by atoms with E-state index in [1.54, 1.807) is 0 Å². The highest BCUT2D eigenvalue weighted by atomic mass is 16.5. The summed E-state index contributed by atoms with van der Waals surface area (Å²) < 4.78 is 5.85. The van der Waals surface area contributed by atoms with Gasteiger partial charge in [0, 0.05) is 71.3 Å². The number of nitrogens with zero attached hydrogens (tertiary/aromatic N) is 4. The quantitative estimate of drug-likeness (QED) is 0.636. The molecule has 0 N–H and O–H groups in total. The first-order valence-electron chi connectivity index (χ1n) is 11.8. The van der Waals surface area contributed by atoms with Crippen LogP contribution in [0.2, 0.25) is 0 Å². The fourth-order valence-corrected chi connectivity index (χ4v) is 4.50. The minimum absolute atomic E-state index is 0.162. The maximum atomic E-state index is 13.3. The highest BCUT2D eigenvalue weighted by Crippen LogP contribution is 2.19. The van der Waals surface area contributed by atoms with Crippen molar-refractivity contribution in [1.82, 2.24) is 9.80 Å². The third-order valence-corrected chi connectivity index (χ3v) is 6.48. The summed E-state index contributed by atoms with van der Waals surface area (Å²) in [5.74, 6) is 0.199. The average molecular weight is 437 g/mol. The lowest BCUT2D eigenvalue weighted by Gasteiger charge is -2.37. The molecule has 0 aliphatic carbocycles. The van der Waals surface area contributed by atoms with Crippen LogP contribution in [0.3, 0.4) is 0 Å². The molecule has 6 heteroatoms. The fraction of sp³-hybridized carbons (Fsp3) is 0.500. The lowest BCUT2D eigenvalue weighted by molar-refractivity contribution is -0.134. The van der Waals surface area contributed by atoms with E-state index in [2.05, 4.69) is 69.3 Å². The molecule has 0 unspecified atom stereocenters. The van der Waals surface area contributed by atoms with Crippen molar-refractivity contribution in [3.8, 4) is 0 Å². The third kappa shape index (κ3) is 6.02. The predicted molar refractivity (Wildman–Crippen MR) is 130 cm³/mol. The van der Waals surface area contributed by atoms with E-state index in [1.165, 1.54) is 11.4 Å². The van der Waals surface area contributed by atoms with Gasteiger partial charge in [-0.05, 0) is 42.7 Å². The van der Waals surface area contributed by atoms with Crippen LogP contribution in [0.4, 0.5) is 11.4 Å². The second-order valence-corrected chi connectivity index (χ2v) is 9.07. The summed E-state index contributed by atoms with van der Waals surface area (Å²) in [7, 11) is 4.08. The van der Waals surface area contributed by atoms with Crippen LogP contribution in [0.5, 0.6) is 0 Å². The number of carbonyl (C=O) groups excluding carboxylic acids is 1. The second-order valence-electron chi connectivity index (χ2n) is 9.07. The summed E-state index contributed by atoms with van der Waals surface area (Å²) in [6, 6.07) is 19.0. The van der Waals surface area contributed by atoms with Crippen LogP contribution in [-0.4, -0.2) is 81.8 Å². The minimum Gasteiger partial charge on any atom is -0.378 e.